The molecule has 0 aromatic heterocycles. The van der Waals surface area contributed by atoms with Gasteiger partial charge in [-0.2, -0.15) is 0 Å². The Morgan fingerprint density at radius 1 is 1.42 bits per heavy atom. The molecule has 19 heavy (non-hydrogen) atoms. The van der Waals surface area contributed by atoms with Crippen LogP contribution in [0.5, 0.6) is 11.5 Å². The Morgan fingerprint density at radius 2 is 2.16 bits per heavy atom. The maximum atomic E-state index is 12.0. The van der Waals surface area contributed by atoms with E-state index in [-0.39, 0.29) is 12.5 Å². The Kier molecular flexibility index (Phi) is 3.92. The van der Waals surface area contributed by atoms with Crippen LogP contribution in [0.2, 0.25) is 0 Å². The van der Waals surface area contributed by atoms with E-state index in [1.54, 1.807) is 18.2 Å². The van der Waals surface area contributed by atoms with Crippen LogP contribution in [0.1, 0.15) is 17.3 Å². The van der Waals surface area contributed by atoms with Crippen LogP contribution in [0.3, 0.4) is 0 Å². The average molecular weight is 267 g/mol. The lowest BCUT2D eigenvalue weighted by Gasteiger charge is -2.23. The molecule has 0 radical (unpaired) electrons. The summed E-state index contributed by atoms with van der Waals surface area (Å²) >= 11 is 0. The van der Waals surface area contributed by atoms with Crippen molar-refractivity contribution in [3.63, 3.8) is 0 Å². The molecule has 1 heterocycles. The van der Waals surface area contributed by atoms with Gasteiger partial charge in [-0.1, -0.05) is 6.07 Å². The number of nitrogens with one attached hydrogen (secondary N) is 1. The van der Waals surface area contributed by atoms with E-state index in [2.05, 4.69) is 5.32 Å². The molecule has 1 aliphatic heterocycles. The van der Waals surface area contributed by atoms with Gasteiger partial charge in [-0.15, -0.1) is 0 Å². The molecule has 0 bridgehead atoms. The van der Waals surface area contributed by atoms with Crippen LogP contribution in [-0.2, 0) is 0 Å². The Bertz CT molecular complexity index is 472. The zero-order chi connectivity index (χ0) is 13.9. The lowest BCUT2D eigenvalue weighted by molar-refractivity contribution is 0.00316. The molecule has 1 aromatic rings. The number of amides is 1. The summed E-state index contributed by atoms with van der Waals surface area (Å²) in [4.78, 5) is 12.0. The predicted octanol–water partition coefficient (Wildman–Crippen LogP) is -0.0691. The number of carbonyl (C=O) groups is 1. The zero-order valence-electron chi connectivity index (χ0n) is 10.7. The summed E-state index contributed by atoms with van der Waals surface area (Å²) < 4.78 is 10.8. The third-order valence-corrected chi connectivity index (χ3v) is 2.78. The van der Waals surface area contributed by atoms with Crippen LogP contribution >= 0.6 is 0 Å². The molecule has 104 valence electrons. The zero-order valence-corrected chi connectivity index (χ0v) is 10.7. The SMILES string of the molecule is CC(O)(CO)CNC(=O)c1cccc2c1OCCO2. The summed E-state index contributed by atoms with van der Waals surface area (Å²) in [7, 11) is 0. The molecule has 1 amide bonds. The number of ether oxygens (including phenoxy) is 2. The van der Waals surface area contributed by atoms with Crippen molar-refractivity contribution in [2.45, 2.75) is 12.5 Å². The van der Waals surface area contributed by atoms with Gasteiger partial charge in [0.25, 0.3) is 5.91 Å². The monoisotopic (exact) mass is 267 g/mol. The van der Waals surface area contributed by atoms with Gasteiger partial charge in [-0.3, -0.25) is 4.79 Å². The minimum Gasteiger partial charge on any atom is -0.486 e. The largest absolute Gasteiger partial charge is 0.486 e. The van der Waals surface area contributed by atoms with Crippen LogP contribution < -0.4 is 14.8 Å². The van der Waals surface area contributed by atoms with E-state index in [0.29, 0.717) is 30.3 Å². The van der Waals surface area contributed by atoms with Crippen molar-refractivity contribution in [1.29, 1.82) is 0 Å². The molecule has 6 nitrogen and oxygen atoms in total. The molecule has 0 aliphatic carbocycles. The van der Waals surface area contributed by atoms with Crippen molar-refractivity contribution in [2.24, 2.45) is 0 Å². The lowest BCUT2D eigenvalue weighted by atomic mass is 10.1. The third kappa shape index (κ3) is 3.15. The third-order valence-electron chi connectivity index (χ3n) is 2.78. The first-order chi connectivity index (χ1) is 9.03. The van der Waals surface area contributed by atoms with Crippen LogP contribution in [0.15, 0.2) is 18.2 Å². The second-order valence-electron chi connectivity index (χ2n) is 4.67. The van der Waals surface area contributed by atoms with E-state index in [0.717, 1.165) is 0 Å². The van der Waals surface area contributed by atoms with Gasteiger partial charge in [0, 0.05) is 6.54 Å². The average Bonchev–Trinajstić information content (AvgIpc) is 2.44. The fraction of sp³-hybridized carbons (Fsp3) is 0.462. The molecule has 2 rings (SSSR count). The van der Waals surface area contributed by atoms with Gasteiger partial charge in [-0.05, 0) is 19.1 Å². The van der Waals surface area contributed by atoms with Crippen LogP contribution in [0.25, 0.3) is 0 Å². The van der Waals surface area contributed by atoms with E-state index in [1.807, 2.05) is 0 Å². The van der Waals surface area contributed by atoms with Crippen molar-refractivity contribution in [2.75, 3.05) is 26.4 Å². The molecule has 0 fully saturated rings. The fourth-order valence-electron chi connectivity index (χ4n) is 1.67. The normalized spacial score (nSPS) is 16.6. The highest BCUT2D eigenvalue weighted by molar-refractivity contribution is 5.97. The molecule has 0 saturated carbocycles. The molecule has 1 atom stereocenters. The minimum absolute atomic E-state index is 0.0488. The molecule has 0 spiro atoms. The molecular formula is C13H17NO5. The Labute approximate surface area is 111 Å². The lowest BCUT2D eigenvalue weighted by Crippen LogP contribution is -2.43. The van der Waals surface area contributed by atoms with Crippen molar-refractivity contribution in [3.05, 3.63) is 23.8 Å². The predicted molar refractivity (Wildman–Crippen MR) is 67.5 cm³/mol. The van der Waals surface area contributed by atoms with Crippen LogP contribution in [0, 0.1) is 0 Å². The molecule has 0 saturated heterocycles. The van der Waals surface area contributed by atoms with Gasteiger partial charge in [0.2, 0.25) is 0 Å². The number of hydrogen-bond acceptors (Lipinski definition) is 5. The first kappa shape index (κ1) is 13.6. The van der Waals surface area contributed by atoms with E-state index < -0.39 is 12.2 Å². The first-order valence-electron chi connectivity index (χ1n) is 6.03. The number of hydrogen-bond donors (Lipinski definition) is 3. The van der Waals surface area contributed by atoms with Gasteiger partial charge in [0.1, 0.15) is 18.8 Å². The highest BCUT2D eigenvalue weighted by atomic mass is 16.6. The topological polar surface area (TPSA) is 88.0 Å². The number of carbonyl (C=O) groups excluding carboxylic acids is 1. The van der Waals surface area contributed by atoms with Crippen molar-refractivity contribution < 1.29 is 24.5 Å². The molecule has 6 heteroatoms. The van der Waals surface area contributed by atoms with Crippen LogP contribution in [0.4, 0.5) is 0 Å². The number of aliphatic hydroxyl groups excluding tert-OH is 1. The number of fused-ring (bicyclic) bond motifs is 1. The smallest absolute Gasteiger partial charge is 0.255 e. The van der Waals surface area contributed by atoms with Gasteiger partial charge in [0.15, 0.2) is 11.5 Å². The van der Waals surface area contributed by atoms with Crippen LogP contribution in [-0.4, -0.2) is 48.1 Å². The van der Waals surface area contributed by atoms with Gasteiger partial charge in [-0.25, -0.2) is 0 Å². The molecule has 1 aromatic carbocycles. The van der Waals surface area contributed by atoms with E-state index in [4.69, 9.17) is 14.6 Å². The number of rotatable bonds is 4. The summed E-state index contributed by atoms with van der Waals surface area (Å²) in [5.41, 5.74) is -0.993. The van der Waals surface area contributed by atoms with E-state index >= 15 is 0 Å². The quantitative estimate of drug-likeness (QED) is 0.711. The van der Waals surface area contributed by atoms with Crippen molar-refractivity contribution in [1.82, 2.24) is 5.32 Å². The maximum absolute atomic E-state index is 12.0. The highest BCUT2D eigenvalue weighted by Gasteiger charge is 2.23. The summed E-state index contributed by atoms with van der Waals surface area (Å²) in [6.07, 6.45) is 0. The van der Waals surface area contributed by atoms with Gasteiger partial charge in [0.05, 0.1) is 12.2 Å². The number of para-hydroxylation sites is 1. The summed E-state index contributed by atoms with van der Waals surface area (Å²) in [5.74, 6) is 0.568. The number of aliphatic hydroxyl groups is 2. The maximum Gasteiger partial charge on any atom is 0.255 e. The minimum atomic E-state index is -1.35. The van der Waals surface area contributed by atoms with Gasteiger partial charge < -0.3 is 25.0 Å². The molecule has 3 N–H and O–H groups in total. The molecular weight excluding hydrogens is 250 g/mol. The highest BCUT2D eigenvalue weighted by Crippen LogP contribution is 2.33. The Balaban J connectivity index is 2.11. The van der Waals surface area contributed by atoms with Crippen molar-refractivity contribution in [3.8, 4) is 11.5 Å². The Morgan fingerprint density at radius 3 is 2.89 bits per heavy atom. The second-order valence-corrected chi connectivity index (χ2v) is 4.67. The standard InChI is InChI=1S/C13H17NO5/c1-13(17,8-15)7-14-12(16)9-3-2-4-10-11(9)19-6-5-18-10/h2-4,15,17H,5-8H2,1H3,(H,14,16). The summed E-state index contributed by atoms with van der Waals surface area (Å²) in [6, 6.07) is 5.05. The summed E-state index contributed by atoms with van der Waals surface area (Å²) in [6.45, 7) is 1.81. The first-order valence-corrected chi connectivity index (χ1v) is 6.03. The molecule has 1 unspecified atom stereocenters. The second kappa shape index (κ2) is 5.46. The van der Waals surface area contributed by atoms with Gasteiger partial charge >= 0.3 is 0 Å². The van der Waals surface area contributed by atoms with Crippen molar-refractivity contribution >= 4 is 5.91 Å². The molecule has 1 aliphatic rings. The number of benzene rings is 1. The fourth-order valence-corrected chi connectivity index (χ4v) is 1.67. The van der Waals surface area contributed by atoms with E-state index in [1.165, 1.54) is 6.92 Å². The summed E-state index contributed by atoms with van der Waals surface area (Å²) in [5, 5.41) is 21.1. The van der Waals surface area contributed by atoms with E-state index in [9.17, 15) is 9.90 Å². The Hall–Kier alpha value is -1.79.